The molecule has 0 radical (unpaired) electrons. The zero-order valence-electron chi connectivity index (χ0n) is 2.19. The van der Waals surface area contributed by atoms with E-state index in [0.29, 0.717) is 0 Å². The fraction of sp³-hybridized carbons (Fsp3) is 0. The lowest BCUT2D eigenvalue weighted by Gasteiger charge is -2.03. The van der Waals surface area contributed by atoms with E-state index in [1.54, 1.807) is 0 Å². The van der Waals surface area contributed by atoms with Crippen LogP contribution in [0.25, 0.3) is 0 Å². The van der Waals surface area contributed by atoms with Crippen LogP contribution < -0.4 is 5.84 Å². The molecule has 0 aromatic rings. The molecule has 0 saturated heterocycles. The predicted octanol–water partition coefficient (Wildman–Crippen LogP) is -0.0563. The number of rotatable bonds is 0. The highest BCUT2D eigenvalue weighted by Crippen LogP contribution is 1.90. The van der Waals surface area contributed by atoms with E-state index in [-0.39, 0.29) is 0 Å². The van der Waals surface area contributed by atoms with Crippen molar-refractivity contribution >= 4 is 0 Å². The van der Waals surface area contributed by atoms with Crippen molar-refractivity contribution in [1.29, 1.82) is 0 Å². The average Bonchev–Trinajstić information content (AvgIpc) is 0.722. The Morgan fingerprint density at radius 3 is 1.60 bits per heavy atom. The number of hydrogen-bond acceptors (Lipinski definition) is 2. The lowest BCUT2D eigenvalue weighted by Crippen LogP contribution is -2.29. The van der Waals surface area contributed by atoms with Gasteiger partial charge in [0.2, 0.25) is 0 Å². The van der Waals surface area contributed by atoms with E-state index in [1.165, 1.54) is 0 Å². The van der Waals surface area contributed by atoms with Gasteiger partial charge in [-0.3, -0.25) is 0 Å². The molecule has 0 aliphatic rings. The average molecular weight is 84.0 g/mol. The third-order valence-electron chi connectivity index (χ3n) is 0. The van der Waals surface area contributed by atoms with Gasteiger partial charge in [0.15, 0.2) is 0 Å². The molecule has 0 aromatic heterocycles. The molecule has 5 heteroatoms. The highest BCUT2D eigenvalue weighted by Gasteiger charge is 2.01. The molecule has 0 fully saturated rings. The lowest BCUT2D eigenvalue weighted by molar-refractivity contribution is -1.14. The third-order valence-corrected chi connectivity index (χ3v) is 0. The Labute approximate surface area is 26.6 Å². The van der Waals surface area contributed by atoms with Crippen LogP contribution in [-0.4, -0.2) is 5.20 Å². The minimum Gasteiger partial charge on any atom is -0.531 e. The molecule has 0 bridgehead atoms. The summed E-state index contributed by atoms with van der Waals surface area (Å²) in [7, 11) is 0. The predicted molar refractivity (Wildman–Crippen MR) is 10.0 cm³/mol. The second-order valence-electron chi connectivity index (χ2n) is 0.502. The van der Waals surface area contributed by atoms with Gasteiger partial charge in [0, 0.05) is 0 Å². The van der Waals surface area contributed by atoms with Gasteiger partial charge >= 0.3 is 0 Å². The van der Waals surface area contributed by atoms with Crippen LogP contribution in [0.15, 0.2) is 0 Å². The Morgan fingerprint density at radius 1 is 1.60 bits per heavy atom. The quantitative estimate of drug-likeness (QED) is 0.254. The maximum atomic E-state index is 10.2. The van der Waals surface area contributed by atoms with Crippen molar-refractivity contribution < 1.29 is 14.2 Å². The highest BCUT2D eigenvalue weighted by atomic mass is 19.4. The molecule has 0 aliphatic heterocycles. The van der Waals surface area contributed by atoms with Crippen LogP contribution in [-0.2, 0) is 0 Å². The largest absolute Gasteiger partial charge is 0.531 e. The highest BCUT2D eigenvalue weighted by molar-refractivity contribution is 3.83. The van der Waals surface area contributed by atoms with Gasteiger partial charge in [0.25, 0.3) is 0 Å². The van der Waals surface area contributed by atoms with E-state index < -0.39 is 5.20 Å². The Morgan fingerprint density at radius 2 is 1.60 bits per heavy atom. The molecular formula is H2F2N2O. The molecule has 0 aromatic carbocycles. The second-order valence-corrected chi connectivity index (χ2v) is 0.502. The summed E-state index contributed by atoms with van der Waals surface area (Å²) in [5.41, 5.74) is 0. The monoisotopic (exact) mass is 84.0 g/mol. The first-order chi connectivity index (χ1) is 2.00. The summed E-state index contributed by atoms with van der Waals surface area (Å²) in [4.78, 5) is 0. The Balaban J connectivity index is 3.02. The molecule has 32 valence electrons. The van der Waals surface area contributed by atoms with Crippen molar-refractivity contribution in [2.24, 2.45) is 5.84 Å². The van der Waals surface area contributed by atoms with Gasteiger partial charge in [0.05, 0.1) is 8.96 Å². The fourth-order valence-corrected chi connectivity index (χ4v) is 0. The van der Waals surface area contributed by atoms with Crippen LogP contribution in [0.4, 0.5) is 8.96 Å². The summed E-state index contributed by atoms with van der Waals surface area (Å²) >= 11 is 0. The van der Waals surface area contributed by atoms with E-state index in [2.05, 4.69) is 5.84 Å². The SMILES string of the molecule is N[N+]([O-])(F)F. The Kier molecular flexibility index (Phi) is 0.808. The molecule has 5 heavy (non-hydrogen) atoms. The zero-order chi connectivity index (χ0) is 4.50. The van der Waals surface area contributed by atoms with Crippen LogP contribution in [0.1, 0.15) is 0 Å². The van der Waals surface area contributed by atoms with Crippen LogP contribution >= 0.6 is 0 Å². The smallest absolute Gasteiger partial charge is 0.112 e. The number of nitrogens with zero attached hydrogens (tertiary/aromatic N) is 1. The van der Waals surface area contributed by atoms with Gasteiger partial charge in [-0.1, -0.05) is 0 Å². The van der Waals surface area contributed by atoms with E-state index in [4.69, 9.17) is 5.21 Å². The van der Waals surface area contributed by atoms with Crippen molar-refractivity contribution in [2.75, 3.05) is 0 Å². The summed E-state index contributed by atoms with van der Waals surface area (Å²) in [6, 6.07) is 0. The summed E-state index contributed by atoms with van der Waals surface area (Å²) in [6.45, 7) is 0. The van der Waals surface area contributed by atoms with Gasteiger partial charge in [-0.2, -0.15) is 0 Å². The molecule has 0 spiro atoms. The standard InChI is InChI=1S/F2H2N2O/c1-4(2,3)5/h3H2. The lowest BCUT2D eigenvalue weighted by atomic mass is 12.7. The van der Waals surface area contributed by atoms with Crippen LogP contribution in [0.2, 0.25) is 0 Å². The Hall–Kier alpha value is -0.260. The topological polar surface area (TPSA) is 49.1 Å². The normalized spacial score (nSPS) is 12.0. The third kappa shape index (κ3) is 168. The minimum absolute atomic E-state index is 3.40. The zero-order valence-corrected chi connectivity index (χ0v) is 2.19. The molecule has 0 saturated carbocycles. The molecule has 3 nitrogen and oxygen atoms in total. The molecule has 0 unspecified atom stereocenters. The van der Waals surface area contributed by atoms with Gasteiger partial charge in [-0.15, -0.1) is 5.84 Å². The van der Waals surface area contributed by atoms with Crippen molar-refractivity contribution in [3.8, 4) is 0 Å². The van der Waals surface area contributed by atoms with Crippen molar-refractivity contribution in [3.05, 3.63) is 5.21 Å². The molecule has 0 rings (SSSR count). The molecule has 0 aliphatic carbocycles. The fourth-order valence-electron chi connectivity index (χ4n) is 0. The molecule has 0 heterocycles. The van der Waals surface area contributed by atoms with E-state index in [1.807, 2.05) is 0 Å². The van der Waals surface area contributed by atoms with Crippen LogP contribution in [0.5, 0.6) is 0 Å². The van der Waals surface area contributed by atoms with E-state index in [0.717, 1.165) is 0 Å². The first kappa shape index (κ1) is 4.74. The van der Waals surface area contributed by atoms with Crippen molar-refractivity contribution in [2.45, 2.75) is 0 Å². The molecule has 2 N–H and O–H groups in total. The van der Waals surface area contributed by atoms with Gasteiger partial charge in [-0.25, -0.2) is 0 Å². The van der Waals surface area contributed by atoms with Crippen LogP contribution in [0.3, 0.4) is 0 Å². The second kappa shape index (κ2) is 0.852. The summed E-state index contributed by atoms with van der Waals surface area (Å²) in [5.74, 6) is 3.40. The molecule has 0 atom stereocenters. The van der Waals surface area contributed by atoms with Gasteiger partial charge < -0.3 is 5.21 Å². The van der Waals surface area contributed by atoms with E-state index in [9.17, 15) is 8.96 Å². The van der Waals surface area contributed by atoms with Gasteiger partial charge in [-0.05, 0) is 0 Å². The summed E-state index contributed by atoms with van der Waals surface area (Å²) < 4.78 is 20.4. The summed E-state index contributed by atoms with van der Waals surface area (Å²) in [6.07, 6.45) is 0. The van der Waals surface area contributed by atoms with Crippen molar-refractivity contribution in [1.82, 2.24) is 0 Å². The molecular weight excluding hydrogens is 82.0 g/mol. The van der Waals surface area contributed by atoms with Crippen molar-refractivity contribution in [3.63, 3.8) is 0 Å². The molecule has 0 amide bonds. The number of hydrogen-bond donors (Lipinski definition) is 1. The first-order valence-electron chi connectivity index (χ1n) is 0.779. The maximum Gasteiger partial charge on any atom is 0.112 e. The number of nitrogens with two attached hydrogens (primary N) is 1. The van der Waals surface area contributed by atoms with Gasteiger partial charge in [0.1, 0.15) is 5.20 Å². The number of quaternary nitrogens is 1. The maximum absolute atomic E-state index is 10.2. The van der Waals surface area contributed by atoms with E-state index >= 15 is 0 Å². The first-order valence-corrected chi connectivity index (χ1v) is 0.779. The van der Waals surface area contributed by atoms with Crippen LogP contribution in [0, 0.1) is 5.21 Å². The summed E-state index contributed by atoms with van der Waals surface area (Å²) in [5, 5.41) is 4.74. The minimum atomic E-state index is -3.75. The number of halogens is 2. The Bertz CT molecular complexity index is 23.1.